The van der Waals surface area contributed by atoms with Gasteiger partial charge in [-0.1, -0.05) is 70.7 Å². The molecule has 0 aliphatic carbocycles. The highest BCUT2D eigenvalue weighted by atomic mass is 35.5. The molecule has 0 amide bonds. The van der Waals surface area contributed by atoms with Gasteiger partial charge < -0.3 is 23.3 Å². The molecule has 0 saturated carbocycles. The normalized spacial score (nSPS) is 14.5. The minimum absolute atomic E-state index is 0.234. The molecule has 0 saturated heterocycles. The summed E-state index contributed by atoms with van der Waals surface area (Å²) < 4.78 is 23.0. The summed E-state index contributed by atoms with van der Waals surface area (Å²) in [4.78, 5) is 8.41. The van der Waals surface area contributed by atoms with Crippen molar-refractivity contribution in [2.45, 2.75) is 24.7 Å². The van der Waals surface area contributed by atoms with E-state index in [9.17, 15) is 0 Å². The lowest BCUT2D eigenvalue weighted by molar-refractivity contribution is -0.180. The lowest BCUT2D eigenvalue weighted by Crippen LogP contribution is -2.29. The molecule has 2 aromatic carbocycles. The van der Waals surface area contributed by atoms with Gasteiger partial charge in [0, 0.05) is 56.0 Å². The number of ether oxygens (including phenoxy) is 3. The SMILES string of the molecule is C=CCOC([C@@H](O[C@@H](c1ccc(Cl)cc1Cl)C(OCC=C)n1ccnc1)c1ccc(Cl)cc1Cl)n1ccnc1. The van der Waals surface area contributed by atoms with Crippen LogP contribution >= 0.6 is 46.4 Å². The van der Waals surface area contributed by atoms with Gasteiger partial charge in [0.15, 0.2) is 12.5 Å². The quantitative estimate of drug-likeness (QED) is 0.135. The Bertz CT molecular complexity index is 1260. The Balaban J connectivity index is 1.89. The molecule has 0 aliphatic heterocycles. The number of halogens is 4. The molecule has 0 aliphatic rings. The van der Waals surface area contributed by atoms with Crippen LogP contribution in [-0.2, 0) is 14.2 Å². The van der Waals surface area contributed by atoms with Gasteiger partial charge in [0.2, 0.25) is 0 Å². The topological polar surface area (TPSA) is 63.3 Å². The predicted molar refractivity (Wildman–Crippen MR) is 154 cm³/mol. The number of benzene rings is 2. The van der Waals surface area contributed by atoms with E-state index in [1.165, 1.54) is 0 Å². The predicted octanol–water partition coefficient (Wildman–Crippen LogP) is 8.30. The van der Waals surface area contributed by atoms with Crippen LogP contribution < -0.4 is 0 Å². The number of hydrogen-bond donors (Lipinski definition) is 0. The summed E-state index contributed by atoms with van der Waals surface area (Å²) in [6.07, 6.45) is 10.4. The van der Waals surface area contributed by atoms with E-state index in [2.05, 4.69) is 23.1 Å². The lowest BCUT2D eigenvalue weighted by atomic mass is 10.0. The summed E-state index contributed by atoms with van der Waals surface area (Å²) in [7, 11) is 0. The summed E-state index contributed by atoms with van der Waals surface area (Å²) in [5, 5.41) is 1.76. The maximum Gasteiger partial charge on any atom is 0.165 e. The van der Waals surface area contributed by atoms with Crippen LogP contribution in [0.2, 0.25) is 20.1 Å². The van der Waals surface area contributed by atoms with Crippen LogP contribution in [0, 0.1) is 0 Å². The Morgan fingerprint density at radius 1 is 0.718 bits per heavy atom. The van der Waals surface area contributed by atoms with Gasteiger partial charge in [-0.3, -0.25) is 0 Å². The molecule has 4 atom stereocenters. The van der Waals surface area contributed by atoms with Crippen molar-refractivity contribution in [2.75, 3.05) is 13.2 Å². The molecule has 0 fully saturated rings. The fourth-order valence-electron chi connectivity index (χ4n) is 4.04. The maximum absolute atomic E-state index is 6.96. The number of imidazole rings is 2. The van der Waals surface area contributed by atoms with E-state index >= 15 is 0 Å². The molecular formula is C28H26Cl4N4O3. The minimum Gasteiger partial charge on any atom is -0.356 e. The molecule has 0 bridgehead atoms. The number of nitrogens with zero attached hydrogens (tertiary/aromatic N) is 4. The Hall–Kier alpha value is -2.62. The summed E-state index contributed by atoms with van der Waals surface area (Å²) in [6, 6.07) is 10.4. The Morgan fingerprint density at radius 2 is 1.15 bits per heavy atom. The van der Waals surface area contributed by atoms with Crippen molar-refractivity contribution in [3.63, 3.8) is 0 Å². The minimum atomic E-state index is -0.793. The third-order valence-corrected chi connectivity index (χ3v) is 6.88. The van der Waals surface area contributed by atoms with Gasteiger partial charge in [0.05, 0.1) is 25.9 Å². The molecule has 7 nitrogen and oxygen atoms in total. The van der Waals surface area contributed by atoms with Crippen molar-refractivity contribution < 1.29 is 14.2 Å². The molecule has 4 aromatic rings. The van der Waals surface area contributed by atoms with E-state index in [-0.39, 0.29) is 13.2 Å². The van der Waals surface area contributed by atoms with Gasteiger partial charge in [-0.2, -0.15) is 0 Å². The average Bonchev–Trinajstić information content (AvgIpc) is 3.63. The summed E-state index contributed by atoms with van der Waals surface area (Å²) in [5.41, 5.74) is 1.26. The number of hydrogen-bond acceptors (Lipinski definition) is 5. The molecule has 39 heavy (non-hydrogen) atoms. The first-order valence-corrected chi connectivity index (χ1v) is 13.4. The maximum atomic E-state index is 6.96. The Labute approximate surface area is 247 Å². The van der Waals surface area contributed by atoms with E-state index in [1.807, 2.05) is 0 Å². The van der Waals surface area contributed by atoms with Crippen LogP contribution in [0.5, 0.6) is 0 Å². The van der Waals surface area contributed by atoms with Crippen molar-refractivity contribution in [3.05, 3.63) is 130 Å². The molecule has 2 unspecified atom stereocenters. The van der Waals surface area contributed by atoms with E-state index in [0.29, 0.717) is 31.2 Å². The van der Waals surface area contributed by atoms with Gasteiger partial charge in [-0.15, -0.1) is 13.2 Å². The second kappa shape index (κ2) is 14.1. The smallest absolute Gasteiger partial charge is 0.165 e. The number of rotatable bonds is 14. The molecule has 11 heteroatoms. The molecule has 0 radical (unpaired) electrons. The molecule has 2 aromatic heterocycles. The summed E-state index contributed by atoms with van der Waals surface area (Å²) in [5.74, 6) is 0. The van der Waals surface area contributed by atoms with Crippen LogP contribution in [0.25, 0.3) is 0 Å². The number of aromatic nitrogens is 4. The summed E-state index contributed by atoms with van der Waals surface area (Å²) in [6.45, 7) is 8.06. The van der Waals surface area contributed by atoms with E-state index in [4.69, 9.17) is 60.6 Å². The first-order valence-electron chi connectivity index (χ1n) is 11.9. The fourth-order valence-corrected chi connectivity index (χ4v) is 5.08. The third-order valence-electron chi connectivity index (χ3n) is 5.76. The van der Waals surface area contributed by atoms with Crippen molar-refractivity contribution in [1.82, 2.24) is 19.1 Å². The Kier molecular flexibility index (Phi) is 10.6. The first kappa shape index (κ1) is 29.4. The van der Waals surface area contributed by atoms with Crippen LogP contribution in [0.4, 0.5) is 0 Å². The van der Waals surface area contributed by atoms with Crippen LogP contribution in [0.3, 0.4) is 0 Å². The third kappa shape index (κ3) is 7.32. The van der Waals surface area contributed by atoms with Crippen LogP contribution in [-0.4, -0.2) is 32.3 Å². The van der Waals surface area contributed by atoms with E-state index in [0.717, 1.165) is 0 Å². The molecule has 4 rings (SSSR count). The molecule has 0 spiro atoms. The van der Waals surface area contributed by atoms with Crippen LogP contribution in [0.1, 0.15) is 35.8 Å². The largest absolute Gasteiger partial charge is 0.356 e. The zero-order valence-electron chi connectivity index (χ0n) is 20.7. The van der Waals surface area contributed by atoms with Gasteiger partial charge in [-0.05, 0) is 24.3 Å². The van der Waals surface area contributed by atoms with Crippen molar-refractivity contribution in [3.8, 4) is 0 Å². The zero-order chi connectivity index (χ0) is 27.8. The average molecular weight is 608 g/mol. The summed E-state index contributed by atoms with van der Waals surface area (Å²) >= 11 is 26.0. The first-order chi connectivity index (χ1) is 18.9. The van der Waals surface area contributed by atoms with E-state index < -0.39 is 24.7 Å². The lowest BCUT2D eigenvalue weighted by Gasteiger charge is -2.36. The molecule has 204 valence electrons. The van der Waals surface area contributed by atoms with Gasteiger partial charge in [-0.25, -0.2) is 9.97 Å². The van der Waals surface area contributed by atoms with Gasteiger partial charge in [0.25, 0.3) is 0 Å². The zero-order valence-corrected chi connectivity index (χ0v) is 23.8. The standard InChI is InChI=1S/C28H26Cl4N4O3/c1-3-13-37-27(35-11-9-33-17-35)25(21-7-5-19(29)15-23(21)31)39-26(22-8-6-20(30)16-24(22)32)28(38-14-4-2)36-12-10-34-18-36/h3-12,15-18,25-28H,1-2,13-14H2/t25-,26-,27?,28?/m0/s1. The van der Waals surface area contributed by atoms with Gasteiger partial charge in [0.1, 0.15) is 12.2 Å². The fraction of sp³-hybridized carbons (Fsp3) is 0.214. The highest BCUT2D eigenvalue weighted by molar-refractivity contribution is 6.35. The van der Waals surface area contributed by atoms with Crippen molar-refractivity contribution in [1.29, 1.82) is 0 Å². The second-order valence-electron chi connectivity index (χ2n) is 8.35. The highest BCUT2D eigenvalue weighted by Gasteiger charge is 2.36. The van der Waals surface area contributed by atoms with Crippen LogP contribution in [0.15, 0.2) is 99.2 Å². The molecule has 0 N–H and O–H groups in total. The van der Waals surface area contributed by atoms with Crippen molar-refractivity contribution >= 4 is 46.4 Å². The monoisotopic (exact) mass is 606 g/mol. The highest BCUT2D eigenvalue weighted by Crippen LogP contribution is 2.45. The Morgan fingerprint density at radius 3 is 1.49 bits per heavy atom. The second-order valence-corrected chi connectivity index (χ2v) is 10.0. The van der Waals surface area contributed by atoms with Gasteiger partial charge >= 0.3 is 0 Å². The molecular weight excluding hydrogens is 582 g/mol. The molecule has 2 heterocycles. The van der Waals surface area contributed by atoms with Crippen molar-refractivity contribution in [2.24, 2.45) is 0 Å². The van der Waals surface area contributed by atoms with E-state index in [1.54, 1.807) is 95.1 Å².